The maximum absolute atomic E-state index is 12.5. The first-order chi connectivity index (χ1) is 13.8. The Morgan fingerprint density at radius 1 is 1.07 bits per heavy atom. The molecule has 1 aliphatic rings. The lowest BCUT2D eigenvalue weighted by molar-refractivity contribution is -0.119. The molecule has 0 bridgehead atoms. The molecule has 4 rings (SSSR count). The van der Waals surface area contributed by atoms with Crippen molar-refractivity contribution >= 4 is 34.1 Å². The third-order valence-corrected chi connectivity index (χ3v) is 6.60. The molecule has 1 fully saturated rings. The van der Waals surface area contributed by atoms with Gasteiger partial charge in [-0.25, -0.2) is 0 Å². The summed E-state index contributed by atoms with van der Waals surface area (Å²) in [6.07, 6.45) is 2.36. The van der Waals surface area contributed by atoms with Crippen LogP contribution in [0.5, 0.6) is 0 Å². The van der Waals surface area contributed by atoms with E-state index >= 15 is 0 Å². The van der Waals surface area contributed by atoms with Gasteiger partial charge in [0.25, 0.3) is 0 Å². The summed E-state index contributed by atoms with van der Waals surface area (Å²) in [5, 5.41) is 15.6. The minimum absolute atomic E-state index is 0.0414. The van der Waals surface area contributed by atoms with Gasteiger partial charge in [-0.2, -0.15) is 0 Å². The van der Waals surface area contributed by atoms with Crippen LogP contribution in [-0.2, 0) is 11.3 Å². The van der Waals surface area contributed by atoms with E-state index < -0.39 is 0 Å². The largest absolute Gasteiger partial charge is 0.356 e. The summed E-state index contributed by atoms with van der Waals surface area (Å²) in [4.78, 5) is 12.5. The molecule has 0 saturated heterocycles. The van der Waals surface area contributed by atoms with Crippen LogP contribution in [0.25, 0.3) is 0 Å². The molecule has 3 aromatic rings. The first kappa shape index (κ1) is 19.0. The molecule has 0 radical (unpaired) electrons. The summed E-state index contributed by atoms with van der Waals surface area (Å²) in [6.45, 7) is 0.709. The van der Waals surface area contributed by atoms with Crippen molar-refractivity contribution < 1.29 is 4.79 Å². The van der Waals surface area contributed by atoms with Crippen LogP contribution in [0.3, 0.4) is 0 Å². The summed E-state index contributed by atoms with van der Waals surface area (Å²) in [6, 6.07) is 20.5. The Hall–Kier alpha value is -2.38. The second-order valence-corrected chi connectivity index (χ2v) is 8.99. The highest BCUT2D eigenvalue weighted by Gasteiger charge is 2.33. The molecule has 1 unspecified atom stereocenters. The van der Waals surface area contributed by atoms with Gasteiger partial charge >= 0.3 is 0 Å². The van der Waals surface area contributed by atoms with E-state index in [0.717, 1.165) is 9.47 Å². The summed E-state index contributed by atoms with van der Waals surface area (Å²) < 4.78 is 0.799. The molecule has 7 heteroatoms. The molecule has 1 aliphatic carbocycles. The van der Waals surface area contributed by atoms with Gasteiger partial charge in [-0.3, -0.25) is 4.79 Å². The average Bonchev–Trinajstić information content (AvgIpc) is 3.48. The highest BCUT2D eigenvalue weighted by atomic mass is 32.2. The van der Waals surface area contributed by atoms with Gasteiger partial charge in [-0.05, 0) is 29.9 Å². The molecule has 1 heterocycles. The monoisotopic (exact) mass is 410 g/mol. The lowest BCUT2D eigenvalue weighted by Crippen LogP contribution is -2.31. The molecule has 2 aromatic carbocycles. The first-order valence-corrected chi connectivity index (χ1v) is 11.2. The molecule has 1 saturated carbocycles. The van der Waals surface area contributed by atoms with E-state index in [1.807, 2.05) is 36.4 Å². The third-order valence-electron chi connectivity index (χ3n) is 4.59. The predicted molar refractivity (Wildman–Crippen MR) is 114 cm³/mol. The van der Waals surface area contributed by atoms with E-state index in [9.17, 15) is 4.79 Å². The zero-order valence-corrected chi connectivity index (χ0v) is 17.0. The number of carbonyl (C=O) groups excluding carboxylic acids is 1. The van der Waals surface area contributed by atoms with Gasteiger partial charge in [0, 0.05) is 6.54 Å². The maximum atomic E-state index is 12.5. The van der Waals surface area contributed by atoms with Gasteiger partial charge < -0.3 is 10.6 Å². The van der Waals surface area contributed by atoms with Crippen LogP contribution >= 0.6 is 23.1 Å². The van der Waals surface area contributed by atoms with Crippen molar-refractivity contribution in [1.82, 2.24) is 15.5 Å². The maximum Gasteiger partial charge on any atom is 0.230 e. The van der Waals surface area contributed by atoms with Crippen LogP contribution in [0.1, 0.15) is 30.0 Å². The number of carbonyl (C=O) groups is 1. The number of nitrogens with zero attached hydrogens (tertiary/aromatic N) is 2. The molecule has 1 amide bonds. The lowest BCUT2D eigenvalue weighted by atomic mass is 10.0. The fourth-order valence-corrected chi connectivity index (χ4v) is 4.58. The third kappa shape index (κ3) is 5.33. The summed E-state index contributed by atoms with van der Waals surface area (Å²) in [7, 11) is 0. The minimum Gasteiger partial charge on any atom is -0.356 e. The SMILES string of the molecule is O=C(CSc1nnc(NCc2ccccc2)s1)NC(c1ccccc1)C1CC1. The van der Waals surface area contributed by atoms with Crippen LogP contribution in [0, 0.1) is 5.92 Å². The molecule has 28 heavy (non-hydrogen) atoms. The molecular formula is C21H22N4OS2. The van der Waals surface area contributed by atoms with Gasteiger partial charge in [0.1, 0.15) is 0 Å². The van der Waals surface area contributed by atoms with Gasteiger partial charge in [0.05, 0.1) is 11.8 Å². The summed E-state index contributed by atoms with van der Waals surface area (Å²) >= 11 is 2.91. The Balaban J connectivity index is 1.26. The minimum atomic E-state index is 0.0414. The number of hydrogen-bond acceptors (Lipinski definition) is 6. The average molecular weight is 411 g/mol. The number of amides is 1. The summed E-state index contributed by atoms with van der Waals surface area (Å²) in [5.41, 5.74) is 2.38. The number of hydrogen-bond donors (Lipinski definition) is 2. The zero-order valence-electron chi connectivity index (χ0n) is 15.4. The van der Waals surface area contributed by atoms with Crippen LogP contribution in [-0.4, -0.2) is 21.9 Å². The zero-order chi connectivity index (χ0) is 19.2. The van der Waals surface area contributed by atoms with E-state index in [4.69, 9.17) is 0 Å². The smallest absolute Gasteiger partial charge is 0.230 e. The number of anilines is 1. The van der Waals surface area contributed by atoms with Crippen molar-refractivity contribution in [2.45, 2.75) is 29.8 Å². The number of aromatic nitrogens is 2. The van der Waals surface area contributed by atoms with Crippen molar-refractivity contribution in [3.05, 3.63) is 71.8 Å². The fraction of sp³-hybridized carbons (Fsp3) is 0.286. The molecule has 5 nitrogen and oxygen atoms in total. The van der Waals surface area contributed by atoms with Crippen molar-refractivity contribution in [2.75, 3.05) is 11.1 Å². The Morgan fingerprint density at radius 2 is 1.79 bits per heavy atom. The molecule has 1 atom stereocenters. The second-order valence-electron chi connectivity index (χ2n) is 6.79. The quantitative estimate of drug-likeness (QED) is 0.508. The van der Waals surface area contributed by atoms with Crippen molar-refractivity contribution in [3.8, 4) is 0 Å². The molecule has 1 aromatic heterocycles. The highest BCUT2D eigenvalue weighted by Crippen LogP contribution is 2.41. The molecule has 2 N–H and O–H groups in total. The Bertz CT molecular complexity index is 897. The normalized spacial score (nSPS) is 14.4. The highest BCUT2D eigenvalue weighted by molar-refractivity contribution is 8.01. The van der Waals surface area contributed by atoms with Gasteiger partial charge in [0.15, 0.2) is 4.34 Å². The van der Waals surface area contributed by atoms with Crippen LogP contribution in [0.15, 0.2) is 65.0 Å². The van der Waals surface area contributed by atoms with Crippen LogP contribution in [0.2, 0.25) is 0 Å². The number of nitrogens with one attached hydrogen (secondary N) is 2. The van der Waals surface area contributed by atoms with Crippen LogP contribution in [0.4, 0.5) is 5.13 Å². The number of benzene rings is 2. The van der Waals surface area contributed by atoms with E-state index in [0.29, 0.717) is 18.2 Å². The topological polar surface area (TPSA) is 66.9 Å². The molecular weight excluding hydrogens is 388 g/mol. The van der Waals surface area contributed by atoms with Crippen molar-refractivity contribution in [1.29, 1.82) is 0 Å². The number of thioether (sulfide) groups is 1. The Morgan fingerprint density at radius 3 is 2.50 bits per heavy atom. The first-order valence-electron chi connectivity index (χ1n) is 9.36. The molecule has 0 aliphatic heterocycles. The van der Waals surface area contributed by atoms with Gasteiger partial charge in [-0.1, -0.05) is 83.8 Å². The van der Waals surface area contributed by atoms with Crippen molar-refractivity contribution in [2.24, 2.45) is 5.92 Å². The number of rotatable bonds is 9. The molecule has 0 spiro atoms. The van der Waals surface area contributed by atoms with Crippen LogP contribution < -0.4 is 10.6 Å². The standard InChI is InChI=1S/C21H22N4OS2/c26-18(23-19(17-11-12-17)16-9-5-2-6-10-16)14-27-21-25-24-20(28-21)22-13-15-7-3-1-4-8-15/h1-10,17,19H,11-14H2,(H,22,24)(H,23,26). The van der Waals surface area contributed by atoms with E-state index in [-0.39, 0.29) is 11.9 Å². The van der Waals surface area contributed by atoms with Gasteiger partial charge in [-0.15, -0.1) is 10.2 Å². The Labute approximate surface area is 173 Å². The predicted octanol–water partition coefficient (Wildman–Crippen LogP) is 4.51. The van der Waals surface area contributed by atoms with E-state index in [1.54, 1.807) is 0 Å². The Kier molecular flexibility index (Phi) is 6.24. The summed E-state index contributed by atoms with van der Waals surface area (Å²) in [5.74, 6) is 0.954. The second kappa shape index (κ2) is 9.21. The lowest BCUT2D eigenvalue weighted by Gasteiger charge is -2.18. The van der Waals surface area contributed by atoms with Gasteiger partial charge in [0.2, 0.25) is 11.0 Å². The molecule has 144 valence electrons. The van der Waals surface area contributed by atoms with E-state index in [2.05, 4.69) is 45.1 Å². The fourth-order valence-electron chi connectivity index (χ4n) is 3.02. The van der Waals surface area contributed by atoms with E-state index in [1.165, 1.54) is 47.1 Å². The van der Waals surface area contributed by atoms with Crippen molar-refractivity contribution in [3.63, 3.8) is 0 Å².